The van der Waals surface area contributed by atoms with Crippen LogP contribution in [0, 0.1) is 6.92 Å². The maximum absolute atomic E-state index is 12.0. The summed E-state index contributed by atoms with van der Waals surface area (Å²) in [6.45, 7) is 2.36. The number of nitrogens with one attached hydrogen (secondary N) is 1. The van der Waals surface area contributed by atoms with E-state index < -0.39 is 0 Å². The molecule has 1 aromatic carbocycles. The first kappa shape index (κ1) is 12.7. The molecule has 2 aromatic rings. The van der Waals surface area contributed by atoms with E-state index in [2.05, 4.69) is 9.69 Å². The molecule has 94 valence electrons. The Morgan fingerprint density at radius 1 is 1.50 bits per heavy atom. The number of hydrogen-bond acceptors (Lipinski definition) is 4. The van der Waals surface area contributed by atoms with E-state index in [9.17, 15) is 4.79 Å². The predicted octanol–water partition coefficient (Wildman–Crippen LogP) is 2.85. The first-order valence-corrected chi connectivity index (χ1v) is 6.34. The predicted molar refractivity (Wildman–Crippen MR) is 72.0 cm³/mol. The van der Waals surface area contributed by atoms with E-state index in [0.717, 1.165) is 16.9 Å². The normalized spacial score (nSPS) is 10.3. The molecule has 0 unspecified atom stereocenters. The molecule has 1 N–H and O–H groups in total. The summed E-state index contributed by atoms with van der Waals surface area (Å²) in [7, 11) is 1.64. The molecule has 18 heavy (non-hydrogen) atoms. The van der Waals surface area contributed by atoms with Crippen LogP contribution in [0.3, 0.4) is 0 Å². The molecule has 1 aromatic heterocycles. The zero-order chi connectivity index (χ0) is 13.0. The van der Waals surface area contributed by atoms with Gasteiger partial charge in [-0.15, -0.1) is 0 Å². The molecule has 0 aliphatic heterocycles. The molecule has 0 aliphatic rings. The Morgan fingerprint density at radius 2 is 2.33 bits per heavy atom. The summed E-state index contributed by atoms with van der Waals surface area (Å²) >= 11 is 1.29. The Kier molecular flexibility index (Phi) is 4.07. The van der Waals surface area contributed by atoms with E-state index in [1.54, 1.807) is 12.5 Å². The first-order valence-electron chi connectivity index (χ1n) is 5.51. The van der Waals surface area contributed by atoms with Crippen LogP contribution >= 0.6 is 11.5 Å². The first-order chi connectivity index (χ1) is 8.70. The maximum atomic E-state index is 12.0. The lowest BCUT2D eigenvalue weighted by molar-refractivity contribution is 0.102. The number of carbonyl (C=O) groups excluding carboxylic acids is 1. The smallest absolute Gasteiger partial charge is 0.258 e. The van der Waals surface area contributed by atoms with Gasteiger partial charge in [0.2, 0.25) is 0 Å². The summed E-state index contributed by atoms with van der Waals surface area (Å²) < 4.78 is 9.15. The van der Waals surface area contributed by atoms with E-state index in [1.165, 1.54) is 11.5 Å². The number of methoxy groups -OCH3 is 1. The van der Waals surface area contributed by atoms with Crippen LogP contribution in [0.25, 0.3) is 0 Å². The van der Waals surface area contributed by atoms with E-state index in [0.29, 0.717) is 12.2 Å². The minimum Gasteiger partial charge on any atom is -0.380 e. The van der Waals surface area contributed by atoms with Crippen LogP contribution < -0.4 is 5.32 Å². The molecule has 0 spiro atoms. The SMILES string of the molecule is COCc1cccc(NC(=O)c2csnc2C)c1. The number of aromatic nitrogens is 1. The van der Waals surface area contributed by atoms with Crippen molar-refractivity contribution in [3.05, 3.63) is 46.5 Å². The van der Waals surface area contributed by atoms with Crippen LogP contribution in [-0.2, 0) is 11.3 Å². The zero-order valence-electron chi connectivity index (χ0n) is 10.3. The average molecular weight is 262 g/mol. The molecule has 0 aliphatic carbocycles. The van der Waals surface area contributed by atoms with Gasteiger partial charge in [0.15, 0.2) is 0 Å². The zero-order valence-corrected chi connectivity index (χ0v) is 11.1. The summed E-state index contributed by atoms with van der Waals surface area (Å²) in [5, 5.41) is 4.61. The van der Waals surface area contributed by atoms with Crippen molar-refractivity contribution in [2.75, 3.05) is 12.4 Å². The molecule has 4 nitrogen and oxygen atoms in total. The minimum atomic E-state index is -0.129. The Balaban J connectivity index is 2.12. The van der Waals surface area contributed by atoms with Gasteiger partial charge in [0.05, 0.1) is 17.9 Å². The lowest BCUT2D eigenvalue weighted by Crippen LogP contribution is -2.12. The van der Waals surface area contributed by atoms with Gasteiger partial charge in [-0.25, -0.2) is 0 Å². The Labute approximate surface area is 110 Å². The van der Waals surface area contributed by atoms with Gasteiger partial charge in [-0.1, -0.05) is 12.1 Å². The average Bonchev–Trinajstić information content (AvgIpc) is 2.76. The molecule has 1 heterocycles. The van der Waals surface area contributed by atoms with E-state index in [1.807, 2.05) is 31.2 Å². The molecule has 0 radical (unpaired) electrons. The third-order valence-electron chi connectivity index (χ3n) is 2.49. The third kappa shape index (κ3) is 2.94. The summed E-state index contributed by atoms with van der Waals surface area (Å²) in [4.78, 5) is 12.0. The summed E-state index contributed by atoms with van der Waals surface area (Å²) in [6.07, 6.45) is 0. The second-order valence-corrected chi connectivity index (χ2v) is 4.53. The van der Waals surface area contributed by atoms with Gasteiger partial charge < -0.3 is 10.1 Å². The maximum Gasteiger partial charge on any atom is 0.258 e. The Hall–Kier alpha value is -1.72. The number of anilines is 1. The number of nitrogens with zero attached hydrogens (tertiary/aromatic N) is 1. The number of amides is 1. The highest BCUT2D eigenvalue weighted by Crippen LogP contribution is 2.15. The van der Waals surface area contributed by atoms with Gasteiger partial charge >= 0.3 is 0 Å². The fourth-order valence-corrected chi connectivity index (χ4v) is 2.31. The third-order valence-corrected chi connectivity index (χ3v) is 3.21. The standard InChI is InChI=1S/C13H14N2O2S/c1-9-12(8-18-15-9)13(16)14-11-5-3-4-10(6-11)7-17-2/h3-6,8H,7H2,1-2H3,(H,14,16). The fraction of sp³-hybridized carbons (Fsp3) is 0.231. The highest BCUT2D eigenvalue weighted by Gasteiger charge is 2.11. The molecule has 0 fully saturated rings. The number of aryl methyl sites for hydroxylation is 1. The van der Waals surface area contributed by atoms with Gasteiger partial charge in [-0.3, -0.25) is 4.79 Å². The lowest BCUT2D eigenvalue weighted by atomic mass is 10.2. The van der Waals surface area contributed by atoms with E-state index in [4.69, 9.17) is 4.74 Å². The molecular weight excluding hydrogens is 248 g/mol. The van der Waals surface area contributed by atoms with Crippen molar-refractivity contribution < 1.29 is 9.53 Å². The van der Waals surface area contributed by atoms with E-state index in [-0.39, 0.29) is 5.91 Å². The molecule has 0 saturated heterocycles. The van der Waals surface area contributed by atoms with Crippen LogP contribution in [0.15, 0.2) is 29.6 Å². The highest BCUT2D eigenvalue weighted by molar-refractivity contribution is 7.04. The summed E-state index contributed by atoms with van der Waals surface area (Å²) in [5.41, 5.74) is 3.17. The number of benzene rings is 1. The second kappa shape index (κ2) is 5.75. The highest BCUT2D eigenvalue weighted by atomic mass is 32.1. The van der Waals surface area contributed by atoms with Crippen LogP contribution in [0.2, 0.25) is 0 Å². The molecule has 5 heteroatoms. The Bertz CT molecular complexity index is 551. The van der Waals surface area contributed by atoms with Crippen molar-refractivity contribution in [2.24, 2.45) is 0 Å². The molecule has 0 atom stereocenters. The van der Waals surface area contributed by atoms with Gasteiger partial charge in [0, 0.05) is 18.2 Å². The van der Waals surface area contributed by atoms with Gasteiger partial charge in [0.1, 0.15) is 0 Å². The topological polar surface area (TPSA) is 51.2 Å². The summed E-state index contributed by atoms with van der Waals surface area (Å²) in [5.74, 6) is -0.129. The van der Waals surface area contributed by atoms with Gasteiger partial charge in [-0.05, 0) is 36.2 Å². The van der Waals surface area contributed by atoms with Crippen LogP contribution in [0.1, 0.15) is 21.6 Å². The van der Waals surface area contributed by atoms with Crippen LogP contribution in [0.5, 0.6) is 0 Å². The monoisotopic (exact) mass is 262 g/mol. The molecule has 0 bridgehead atoms. The van der Waals surface area contributed by atoms with Gasteiger partial charge in [-0.2, -0.15) is 4.37 Å². The molecule has 2 rings (SSSR count). The van der Waals surface area contributed by atoms with Crippen molar-refractivity contribution in [3.8, 4) is 0 Å². The second-order valence-electron chi connectivity index (χ2n) is 3.90. The fourth-order valence-electron chi connectivity index (χ4n) is 1.61. The number of ether oxygens (including phenoxy) is 1. The van der Waals surface area contributed by atoms with Crippen LogP contribution in [-0.4, -0.2) is 17.4 Å². The molecule has 0 saturated carbocycles. The van der Waals surface area contributed by atoms with Crippen molar-refractivity contribution >= 4 is 23.1 Å². The van der Waals surface area contributed by atoms with Gasteiger partial charge in [0.25, 0.3) is 5.91 Å². The largest absolute Gasteiger partial charge is 0.380 e. The van der Waals surface area contributed by atoms with E-state index >= 15 is 0 Å². The molecule has 1 amide bonds. The number of rotatable bonds is 4. The van der Waals surface area contributed by atoms with Crippen molar-refractivity contribution in [2.45, 2.75) is 13.5 Å². The number of hydrogen-bond donors (Lipinski definition) is 1. The van der Waals surface area contributed by atoms with Crippen molar-refractivity contribution in [1.29, 1.82) is 0 Å². The van der Waals surface area contributed by atoms with Crippen molar-refractivity contribution in [1.82, 2.24) is 4.37 Å². The minimum absolute atomic E-state index is 0.129. The molecular formula is C13H14N2O2S. The Morgan fingerprint density at radius 3 is 3.00 bits per heavy atom. The van der Waals surface area contributed by atoms with Crippen molar-refractivity contribution in [3.63, 3.8) is 0 Å². The summed E-state index contributed by atoms with van der Waals surface area (Å²) in [6, 6.07) is 7.60. The number of carbonyl (C=O) groups is 1. The quantitative estimate of drug-likeness (QED) is 0.921. The lowest BCUT2D eigenvalue weighted by Gasteiger charge is -2.06. The van der Waals surface area contributed by atoms with Crippen LogP contribution in [0.4, 0.5) is 5.69 Å².